The molecule has 2 atom stereocenters. The lowest BCUT2D eigenvalue weighted by molar-refractivity contribution is 0.0154. The number of fused-ring (bicyclic) bond motifs is 3. The van der Waals surface area contributed by atoms with Crippen molar-refractivity contribution in [3.63, 3.8) is 0 Å². The van der Waals surface area contributed by atoms with Crippen molar-refractivity contribution in [3.05, 3.63) is 29.8 Å². The zero-order chi connectivity index (χ0) is 20.8. The topological polar surface area (TPSA) is 55.4 Å². The largest absolute Gasteiger partial charge is 0.497 e. The third-order valence-corrected chi connectivity index (χ3v) is 6.92. The lowest BCUT2D eigenvalue weighted by atomic mass is 10.0. The smallest absolute Gasteiger partial charge is 0.191 e. The summed E-state index contributed by atoms with van der Waals surface area (Å²) < 4.78 is 5.35. The second kappa shape index (κ2) is 10.5. The Balaban J connectivity index is 1.35. The summed E-state index contributed by atoms with van der Waals surface area (Å²) in [5.41, 5.74) is 1.34. The molecule has 30 heavy (non-hydrogen) atoms. The van der Waals surface area contributed by atoms with E-state index in [1.807, 2.05) is 7.05 Å². The summed E-state index contributed by atoms with van der Waals surface area (Å²) in [5.74, 6) is 1.82. The van der Waals surface area contributed by atoms with Crippen LogP contribution in [-0.4, -0.2) is 99.8 Å². The molecular formula is C23H38N6O. The maximum Gasteiger partial charge on any atom is 0.191 e. The van der Waals surface area contributed by atoms with Crippen LogP contribution in [0, 0.1) is 0 Å². The zero-order valence-electron chi connectivity index (χ0n) is 18.6. The van der Waals surface area contributed by atoms with E-state index < -0.39 is 0 Å². The lowest BCUT2D eigenvalue weighted by Crippen LogP contribution is -2.64. The lowest BCUT2D eigenvalue weighted by Gasteiger charge is -2.47. The highest BCUT2D eigenvalue weighted by molar-refractivity contribution is 5.79. The van der Waals surface area contributed by atoms with Gasteiger partial charge < -0.3 is 15.4 Å². The molecule has 7 nitrogen and oxygen atoms in total. The number of aliphatic imine (C=N–C) groups is 1. The molecule has 0 saturated carbocycles. The highest BCUT2D eigenvalue weighted by Crippen LogP contribution is 2.26. The van der Waals surface area contributed by atoms with Gasteiger partial charge in [0, 0.05) is 58.9 Å². The standard InChI is InChI=1S/C23H38N6O/c1-24-23(25-16-20-18-27-12-14-28(20)15-13-27)26-17-22(29-10-4-3-5-11-29)19-6-8-21(30-2)9-7-19/h6-9,20,22H,3-5,10-18H2,1-2H3,(H2,24,25,26). The molecule has 4 saturated heterocycles. The van der Waals surface area contributed by atoms with E-state index in [0.29, 0.717) is 12.1 Å². The Bertz CT molecular complexity index is 679. The van der Waals surface area contributed by atoms with Crippen LogP contribution in [0.2, 0.25) is 0 Å². The number of ether oxygens (including phenoxy) is 1. The predicted octanol–water partition coefficient (Wildman–Crippen LogP) is 1.39. The van der Waals surface area contributed by atoms with Gasteiger partial charge in [0.1, 0.15) is 5.75 Å². The molecule has 0 spiro atoms. The Morgan fingerprint density at radius 2 is 1.77 bits per heavy atom. The Morgan fingerprint density at radius 1 is 1.03 bits per heavy atom. The zero-order valence-corrected chi connectivity index (χ0v) is 18.6. The van der Waals surface area contributed by atoms with Gasteiger partial charge in [0.05, 0.1) is 13.2 Å². The molecule has 166 valence electrons. The second-order valence-electron chi connectivity index (χ2n) is 8.71. The van der Waals surface area contributed by atoms with Gasteiger partial charge in [-0.2, -0.15) is 0 Å². The molecule has 0 aliphatic carbocycles. The molecule has 1 aromatic rings. The number of nitrogens with zero attached hydrogens (tertiary/aromatic N) is 4. The van der Waals surface area contributed by atoms with E-state index in [-0.39, 0.29) is 0 Å². The number of rotatable bonds is 7. The molecule has 0 radical (unpaired) electrons. The van der Waals surface area contributed by atoms with Crippen molar-refractivity contribution in [1.82, 2.24) is 25.3 Å². The molecule has 4 aliphatic heterocycles. The molecule has 1 aromatic carbocycles. The molecule has 5 rings (SSSR count). The van der Waals surface area contributed by atoms with E-state index in [2.05, 4.69) is 54.6 Å². The van der Waals surface area contributed by atoms with Gasteiger partial charge in [0.15, 0.2) is 5.96 Å². The minimum absolute atomic E-state index is 0.343. The first-order valence-electron chi connectivity index (χ1n) is 11.6. The van der Waals surface area contributed by atoms with E-state index in [9.17, 15) is 0 Å². The second-order valence-corrected chi connectivity index (χ2v) is 8.71. The number of hydrogen-bond acceptors (Lipinski definition) is 5. The molecule has 0 aromatic heterocycles. The number of nitrogens with one attached hydrogen (secondary N) is 2. The summed E-state index contributed by atoms with van der Waals surface area (Å²) in [6.07, 6.45) is 3.92. The predicted molar refractivity (Wildman–Crippen MR) is 122 cm³/mol. The van der Waals surface area contributed by atoms with Crippen molar-refractivity contribution in [2.24, 2.45) is 4.99 Å². The van der Waals surface area contributed by atoms with E-state index in [1.54, 1.807) is 7.11 Å². The van der Waals surface area contributed by atoms with Gasteiger partial charge in [0.25, 0.3) is 0 Å². The van der Waals surface area contributed by atoms with Crippen molar-refractivity contribution < 1.29 is 4.74 Å². The van der Waals surface area contributed by atoms with Crippen LogP contribution in [0.5, 0.6) is 5.75 Å². The molecule has 0 amide bonds. The molecule has 2 unspecified atom stereocenters. The SMILES string of the molecule is CN=C(NCC1CN2CCN1CC2)NCC(c1ccc(OC)cc1)N1CCCCC1. The molecule has 4 heterocycles. The number of piperazine rings is 3. The number of hydrogen-bond donors (Lipinski definition) is 2. The minimum atomic E-state index is 0.343. The van der Waals surface area contributed by atoms with E-state index in [4.69, 9.17) is 4.74 Å². The number of likely N-dealkylation sites (tertiary alicyclic amines) is 1. The van der Waals surface area contributed by atoms with Crippen molar-refractivity contribution in [2.45, 2.75) is 31.3 Å². The fraction of sp³-hybridized carbons (Fsp3) is 0.696. The van der Waals surface area contributed by atoms with Gasteiger partial charge in [-0.1, -0.05) is 18.6 Å². The Kier molecular flexibility index (Phi) is 7.47. The molecular weight excluding hydrogens is 376 g/mol. The quantitative estimate of drug-likeness (QED) is 0.520. The van der Waals surface area contributed by atoms with Crippen LogP contribution in [0.4, 0.5) is 0 Å². The monoisotopic (exact) mass is 414 g/mol. The van der Waals surface area contributed by atoms with Crippen LogP contribution >= 0.6 is 0 Å². The maximum absolute atomic E-state index is 5.35. The average Bonchev–Trinajstić information content (AvgIpc) is 2.83. The van der Waals surface area contributed by atoms with E-state index in [0.717, 1.165) is 37.9 Å². The summed E-state index contributed by atoms with van der Waals surface area (Å²) in [4.78, 5) is 12.3. The summed E-state index contributed by atoms with van der Waals surface area (Å²) in [6.45, 7) is 10.2. The number of piperidine rings is 1. The van der Waals surface area contributed by atoms with Crippen molar-refractivity contribution in [2.75, 3.05) is 73.1 Å². The molecule has 7 heteroatoms. The Labute approximate surface area is 181 Å². The summed E-state index contributed by atoms with van der Waals surface area (Å²) in [7, 11) is 3.59. The third-order valence-electron chi connectivity index (χ3n) is 6.92. The van der Waals surface area contributed by atoms with E-state index in [1.165, 1.54) is 57.5 Å². The van der Waals surface area contributed by atoms with Crippen LogP contribution in [-0.2, 0) is 0 Å². The van der Waals surface area contributed by atoms with Crippen LogP contribution in [0.15, 0.2) is 29.3 Å². The Morgan fingerprint density at radius 3 is 2.37 bits per heavy atom. The fourth-order valence-electron chi connectivity index (χ4n) is 5.06. The normalized spacial score (nSPS) is 28.2. The highest BCUT2D eigenvalue weighted by atomic mass is 16.5. The fourth-order valence-corrected chi connectivity index (χ4v) is 5.06. The number of methoxy groups -OCH3 is 1. The number of guanidine groups is 1. The summed E-state index contributed by atoms with van der Waals surface area (Å²) >= 11 is 0. The van der Waals surface area contributed by atoms with Crippen molar-refractivity contribution >= 4 is 5.96 Å². The van der Waals surface area contributed by atoms with Crippen LogP contribution in [0.3, 0.4) is 0 Å². The molecule has 4 aliphatic rings. The number of benzene rings is 1. The van der Waals surface area contributed by atoms with Crippen LogP contribution < -0.4 is 15.4 Å². The van der Waals surface area contributed by atoms with Gasteiger partial charge in [-0.3, -0.25) is 19.7 Å². The Hall–Kier alpha value is -1.83. The van der Waals surface area contributed by atoms with Crippen LogP contribution in [0.1, 0.15) is 30.9 Å². The minimum Gasteiger partial charge on any atom is -0.497 e. The maximum atomic E-state index is 5.35. The molecule has 4 fully saturated rings. The third kappa shape index (κ3) is 5.25. The molecule has 2 N–H and O–H groups in total. The van der Waals surface area contributed by atoms with Gasteiger partial charge >= 0.3 is 0 Å². The molecule has 2 bridgehead atoms. The van der Waals surface area contributed by atoms with Crippen molar-refractivity contribution in [3.8, 4) is 5.75 Å². The summed E-state index contributed by atoms with van der Waals surface area (Å²) in [6, 6.07) is 9.48. The van der Waals surface area contributed by atoms with Gasteiger partial charge in [-0.05, 0) is 43.6 Å². The highest BCUT2D eigenvalue weighted by Gasteiger charge is 2.31. The average molecular weight is 415 g/mol. The van der Waals surface area contributed by atoms with Gasteiger partial charge in [-0.15, -0.1) is 0 Å². The van der Waals surface area contributed by atoms with E-state index >= 15 is 0 Å². The van der Waals surface area contributed by atoms with Crippen molar-refractivity contribution in [1.29, 1.82) is 0 Å². The van der Waals surface area contributed by atoms with Crippen LogP contribution in [0.25, 0.3) is 0 Å². The van der Waals surface area contributed by atoms with Gasteiger partial charge in [-0.25, -0.2) is 0 Å². The van der Waals surface area contributed by atoms with Gasteiger partial charge in [0.2, 0.25) is 0 Å². The first kappa shape index (κ1) is 21.4. The first-order valence-corrected chi connectivity index (χ1v) is 11.6. The summed E-state index contributed by atoms with van der Waals surface area (Å²) in [5, 5.41) is 7.20. The first-order chi connectivity index (χ1) is 14.8.